The van der Waals surface area contributed by atoms with Crippen LogP contribution in [0.25, 0.3) is 22.8 Å². The zero-order valence-corrected chi connectivity index (χ0v) is 18.1. The highest BCUT2D eigenvalue weighted by Gasteiger charge is 2.25. The number of nitrogens with two attached hydrogens (primary N) is 1. The van der Waals surface area contributed by atoms with Crippen LogP contribution in [0.15, 0.2) is 61.1 Å². The second kappa shape index (κ2) is 7.78. The molecule has 2 unspecified atom stereocenters. The molecule has 164 valence electrons. The fraction of sp³-hybridized carbons (Fsp3) is 0.346. The largest absolute Gasteiger partial charge is 0.371 e. The number of hydrogen-bond donors (Lipinski definition) is 1. The molecule has 2 aromatic heterocycles. The number of alkyl halides is 1. The van der Waals surface area contributed by atoms with Gasteiger partial charge in [0, 0.05) is 50.3 Å². The zero-order valence-electron chi connectivity index (χ0n) is 18.1. The first kappa shape index (κ1) is 19.6. The lowest BCUT2D eigenvalue weighted by Crippen LogP contribution is -2.20. The Bertz CT molecular complexity index is 1220. The van der Waals surface area contributed by atoms with E-state index in [1.54, 1.807) is 6.08 Å². The van der Waals surface area contributed by atoms with Crippen LogP contribution in [0, 0.1) is 5.92 Å². The number of benzene rings is 1. The number of imidazole rings is 1. The Balaban J connectivity index is 1.37. The van der Waals surface area contributed by atoms with Gasteiger partial charge in [-0.2, -0.15) is 0 Å². The van der Waals surface area contributed by atoms with Gasteiger partial charge in [-0.25, -0.2) is 9.37 Å². The van der Waals surface area contributed by atoms with Crippen molar-refractivity contribution in [3.8, 4) is 17.2 Å². The van der Waals surface area contributed by atoms with Gasteiger partial charge in [-0.05, 0) is 72.3 Å². The number of anilines is 1. The van der Waals surface area contributed by atoms with Crippen molar-refractivity contribution >= 4 is 11.3 Å². The third-order valence-corrected chi connectivity index (χ3v) is 7.04. The molecule has 32 heavy (non-hydrogen) atoms. The summed E-state index contributed by atoms with van der Waals surface area (Å²) in [5.41, 5.74) is 12.8. The minimum atomic E-state index is -0.876. The van der Waals surface area contributed by atoms with E-state index in [1.165, 1.54) is 23.4 Å². The molecule has 6 rings (SSSR count). The van der Waals surface area contributed by atoms with Crippen LogP contribution < -0.4 is 10.6 Å². The molecule has 1 aliphatic carbocycles. The van der Waals surface area contributed by atoms with Crippen LogP contribution in [0.1, 0.15) is 30.4 Å². The van der Waals surface area contributed by atoms with Gasteiger partial charge in [0.2, 0.25) is 0 Å². The van der Waals surface area contributed by atoms with Crippen molar-refractivity contribution in [1.29, 1.82) is 0 Å². The topological polar surface area (TPSA) is 52.0 Å². The number of allylic oxidation sites excluding steroid dienone is 4. The van der Waals surface area contributed by atoms with E-state index in [-0.39, 0.29) is 0 Å². The van der Waals surface area contributed by atoms with Crippen molar-refractivity contribution in [3.05, 3.63) is 72.2 Å². The molecule has 0 bridgehead atoms. The molecule has 4 heterocycles. The number of nitrogens with zero attached hydrogens (tertiary/aromatic N) is 4. The van der Waals surface area contributed by atoms with Crippen LogP contribution in [0.3, 0.4) is 0 Å². The standard InChI is InChI=1S/C26H28FN5/c27-22-3-1-19(2-4-22)20-14-25-26-29-10-12-32(26)24-6-5-23(13-21(24)17-31(25)16-20)30-11-8-18(15-30)7-9-28/h1-3,5-6,10,12-14,16,18,22H,4,7-9,11,15,17,28H2. The summed E-state index contributed by atoms with van der Waals surface area (Å²) in [5, 5.41) is 0. The van der Waals surface area contributed by atoms with Crippen LogP contribution in [0.5, 0.6) is 0 Å². The SMILES string of the molecule is NCCC1CCN(c2ccc3c(c2)Cn2cc(C4=CCC(F)C=C4)cc2-c2nccn2-3)C1. The van der Waals surface area contributed by atoms with Crippen molar-refractivity contribution in [2.24, 2.45) is 11.7 Å². The molecule has 0 spiro atoms. The van der Waals surface area contributed by atoms with Crippen LogP contribution >= 0.6 is 0 Å². The van der Waals surface area contributed by atoms with Crippen LogP contribution in [0.4, 0.5) is 10.1 Å². The van der Waals surface area contributed by atoms with Gasteiger partial charge in [0.1, 0.15) is 6.17 Å². The predicted molar refractivity (Wildman–Crippen MR) is 127 cm³/mol. The Hall–Kier alpha value is -3.12. The van der Waals surface area contributed by atoms with Gasteiger partial charge in [-0.15, -0.1) is 0 Å². The first-order valence-electron chi connectivity index (χ1n) is 11.5. The maximum Gasteiger partial charge on any atom is 0.161 e. The van der Waals surface area contributed by atoms with Crippen molar-refractivity contribution < 1.29 is 4.39 Å². The normalized spacial score (nSPS) is 21.7. The summed E-state index contributed by atoms with van der Waals surface area (Å²) in [4.78, 5) is 7.17. The van der Waals surface area contributed by atoms with Gasteiger partial charge < -0.3 is 15.2 Å². The number of halogens is 1. The van der Waals surface area contributed by atoms with Crippen molar-refractivity contribution in [3.63, 3.8) is 0 Å². The Kier molecular flexibility index (Phi) is 4.76. The molecule has 0 amide bonds. The van der Waals surface area contributed by atoms with Crippen LogP contribution in [-0.2, 0) is 6.54 Å². The highest BCUT2D eigenvalue weighted by Crippen LogP contribution is 2.36. The van der Waals surface area contributed by atoms with E-state index in [1.807, 2.05) is 24.5 Å². The summed E-state index contributed by atoms with van der Waals surface area (Å²) in [5.74, 6) is 1.63. The minimum Gasteiger partial charge on any atom is -0.371 e. The second-order valence-electron chi connectivity index (χ2n) is 9.12. The summed E-state index contributed by atoms with van der Waals surface area (Å²) in [6, 6.07) is 8.99. The third kappa shape index (κ3) is 3.30. The fourth-order valence-corrected chi connectivity index (χ4v) is 5.33. The molecule has 0 saturated carbocycles. The molecule has 3 aliphatic rings. The van der Waals surface area contributed by atoms with Gasteiger partial charge in [0.05, 0.1) is 11.4 Å². The minimum absolute atomic E-state index is 0.439. The zero-order chi connectivity index (χ0) is 21.7. The monoisotopic (exact) mass is 429 g/mol. The Morgan fingerprint density at radius 1 is 1.22 bits per heavy atom. The fourth-order valence-electron chi connectivity index (χ4n) is 5.33. The first-order chi connectivity index (χ1) is 15.7. The highest BCUT2D eigenvalue weighted by atomic mass is 19.1. The summed E-state index contributed by atoms with van der Waals surface area (Å²) in [6.07, 6.45) is 13.5. The van der Waals surface area contributed by atoms with Gasteiger partial charge in [0.25, 0.3) is 0 Å². The van der Waals surface area contributed by atoms with E-state index in [0.29, 0.717) is 12.3 Å². The quantitative estimate of drug-likeness (QED) is 0.517. The van der Waals surface area contributed by atoms with Gasteiger partial charge in [0.15, 0.2) is 5.82 Å². The molecular weight excluding hydrogens is 401 g/mol. The maximum atomic E-state index is 13.5. The average Bonchev–Trinajstić information content (AvgIpc) is 3.53. The molecule has 6 heteroatoms. The predicted octanol–water partition coefficient (Wildman–Crippen LogP) is 4.56. The second-order valence-corrected chi connectivity index (χ2v) is 9.12. The number of aromatic nitrogens is 3. The lowest BCUT2D eigenvalue weighted by atomic mass is 10.0. The molecule has 2 N–H and O–H groups in total. The van der Waals surface area contributed by atoms with E-state index < -0.39 is 6.17 Å². The van der Waals surface area contributed by atoms with E-state index >= 15 is 0 Å². The van der Waals surface area contributed by atoms with Crippen molar-refractivity contribution in [1.82, 2.24) is 14.1 Å². The first-order valence-corrected chi connectivity index (χ1v) is 11.5. The van der Waals surface area contributed by atoms with Gasteiger partial charge >= 0.3 is 0 Å². The third-order valence-electron chi connectivity index (χ3n) is 7.04. The Labute approximate surface area is 187 Å². The van der Waals surface area contributed by atoms with E-state index in [9.17, 15) is 4.39 Å². The van der Waals surface area contributed by atoms with Crippen LogP contribution in [-0.4, -0.2) is 39.9 Å². The average molecular weight is 430 g/mol. The van der Waals surface area contributed by atoms with E-state index in [0.717, 1.165) is 55.3 Å². The summed E-state index contributed by atoms with van der Waals surface area (Å²) < 4.78 is 18.0. The van der Waals surface area contributed by atoms with E-state index in [2.05, 4.69) is 49.5 Å². The Morgan fingerprint density at radius 3 is 3.00 bits per heavy atom. The smallest absolute Gasteiger partial charge is 0.161 e. The Morgan fingerprint density at radius 2 is 2.16 bits per heavy atom. The van der Waals surface area contributed by atoms with Crippen molar-refractivity contribution in [2.45, 2.75) is 32.0 Å². The molecule has 0 radical (unpaired) electrons. The number of fused-ring (bicyclic) bond motifs is 5. The van der Waals surface area contributed by atoms with Gasteiger partial charge in [-0.1, -0.05) is 12.2 Å². The molecular formula is C26H28FN5. The number of rotatable bonds is 4. The number of hydrogen-bond acceptors (Lipinski definition) is 3. The summed E-state index contributed by atoms with van der Waals surface area (Å²) in [7, 11) is 0. The van der Waals surface area contributed by atoms with E-state index in [4.69, 9.17) is 5.73 Å². The molecule has 1 fully saturated rings. The summed E-state index contributed by atoms with van der Waals surface area (Å²) >= 11 is 0. The lowest BCUT2D eigenvalue weighted by Gasteiger charge is -2.21. The molecule has 3 aromatic rings. The molecule has 1 aromatic carbocycles. The highest BCUT2D eigenvalue weighted by molar-refractivity contribution is 5.78. The van der Waals surface area contributed by atoms with Gasteiger partial charge in [-0.3, -0.25) is 4.57 Å². The maximum absolute atomic E-state index is 13.5. The lowest BCUT2D eigenvalue weighted by molar-refractivity contribution is 0.402. The van der Waals surface area contributed by atoms with Crippen molar-refractivity contribution in [2.75, 3.05) is 24.5 Å². The molecule has 2 atom stereocenters. The molecule has 1 saturated heterocycles. The summed E-state index contributed by atoms with van der Waals surface area (Å²) in [6.45, 7) is 3.73. The van der Waals surface area contributed by atoms with Crippen LogP contribution in [0.2, 0.25) is 0 Å². The molecule has 2 aliphatic heterocycles. The molecule has 5 nitrogen and oxygen atoms in total.